The molecule has 0 saturated heterocycles. The van der Waals surface area contributed by atoms with Gasteiger partial charge in [0, 0.05) is 25.0 Å². The second kappa shape index (κ2) is 8.73. The standard InChI is InChI=1S/C20H25N3O/c1-6-12-23(13-7-2)19(24)16(14-21)15-22-18-11-9-8-10-17(18)20(3,4)5/h6-11,15,22H,1-2,12-13H2,3-5H3/b16-15-. The fourth-order valence-corrected chi connectivity index (χ4v) is 2.28. The third kappa shape index (κ3) is 5.13. The van der Waals surface area contributed by atoms with Gasteiger partial charge in [-0.1, -0.05) is 51.1 Å². The van der Waals surface area contributed by atoms with Crippen LogP contribution in [-0.4, -0.2) is 23.9 Å². The van der Waals surface area contributed by atoms with Crippen LogP contribution in [0.15, 0.2) is 61.3 Å². The van der Waals surface area contributed by atoms with E-state index in [1.165, 1.54) is 11.1 Å². The number of hydrogen-bond donors (Lipinski definition) is 1. The number of para-hydroxylation sites is 1. The van der Waals surface area contributed by atoms with E-state index < -0.39 is 0 Å². The number of nitriles is 1. The molecule has 0 radical (unpaired) electrons. The van der Waals surface area contributed by atoms with Crippen molar-refractivity contribution in [2.24, 2.45) is 0 Å². The first-order valence-corrected chi connectivity index (χ1v) is 7.82. The summed E-state index contributed by atoms with van der Waals surface area (Å²) < 4.78 is 0. The molecule has 1 rings (SSSR count). The van der Waals surface area contributed by atoms with Gasteiger partial charge in [-0.3, -0.25) is 4.79 Å². The van der Waals surface area contributed by atoms with Crippen LogP contribution in [0.4, 0.5) is 5.69 Å². The first-order chi connectivity index (χ1) is 11.3. The number of carbonyl (C=O) groups excluding carboxylic acids is 1. The molecule has 4 nitrogen and oxygen atoms in total. The average Bonchev–Trinajstić information content (AvgIpc) is 2.54. The van der Waals surface area contributed by atoms with Gasteiger partial charge in [0.05, 0.1) is 0 Å². The van der Waals surface area contributed by atoms with Gasteiger partial charge in [0.25, 0.3) is 5.91 Å². The largest absolute Gasteiger partial charge is 0.360 e. The van der Waals surface area contributed by atoms with Crippen molar-refractivity contribution in [3.63, 3.8) is 0 Å². The van der Waals surface area contributed by atoms with Crippen molar-refractivity contribution in [1.82, 2.24) is 4.90 Å². The van der Waals surface area contributed by atoms with Gasteiger partial charge in [-0.2, -0.15) is 5.26 Å². The first kappa shape index (κ1) is 19.2. The summed E-state index contributed by atoms with van der Waals surface area (Å²) in [5.41, 5.74) is 1.98. The molecule has 126 valence electrons. The molecule has 0 aromatic heterocycles. The number of nitrogens with one attached hydrogen (secondary N) is 1. The van der Waals surface area contributed by atoms with E-state index in [0.717, 1.165) is 11.3 Å². The van der Waals surface area contributed by atoms with E-state index in [4.69, 9.17) is 0 Å². The van der Waals surface area contributed by atoms with Crippen LogP contribution in [0.5, 0.6) is 0 Å². The summed E-state index contributed by atoms with van der Waals surface area (Å²) in [5, 5.41) is 12.4. The van der Waals surface area contributed by atoms with E-state index in [9.17, 15) is 10.1 Å². The van der Waals surface area contributed by atoms with E-state index in [1.54, 1.807) is 12.2 Å². The number of amides is 1. The highest BCUT2D eigenvalue weighted by Gasteiger charge is 2.19. The Balaban J connectivity index is 3.07. The Kier molecular flexibility index (Phi) is 7.00. The molecule has 24 heavy (non-hydrogen) atoms. The zero-order valence-corrected chi connectivity index (χ0v) is 14.7. The van der Waals surface area contributed by atoms with Gasteiger partial charge in [0.15, 0.2) is 0 Å². The number of benzene rings is 1. The number of carbonyl (C=O) groups is 1. The quantitative estimate of drug-likeness (QED) is 0.469. The summed E-state index contributed by atoms with van der Waals surface area (Å²) in [6.07, 6.45) is 4.71. The summed E-state index contributed by atoms with van der Waals surface area (Å²) in [7, 11) is 0. The summed E-state index contributed by atoms with van der Waals surface area (Å²) >= 11 is 0. The normalized spacial score (nSPS) is 11.3. The zero-order valence-electron chi connectivity index (χ0n) is 14.7. The van der Waals surface area contributed by atoms with Crippen LogP contribution in [0.3, 0.4) is 0 Å². The molecule has 1 N–H and O–H groups in total. The molecule has 0 aliphatic heterocycles. The lowest BCUT2D eigenvalue weighted by Crippen LogP contribution is -2.32. The van der Waals surface area contributed by atoms with Crippen LogP contribution < -0.4 is 5.32 Å². The molecular weight excluding hydrogens is 298 g/mol. The Bertz CT molecular complexity index is 665. The van der Waals surface area contributed by atoms with Gasteiger partial charge in [-0.05, 0) is 17.0 Å². The Hall–Kier alpha value is -2.80. The van der Waals surface area contributed by atoms with Crippen molar-refractivity contribution in [2.45, 2.75) is 26.2 Å². The smallest absolute Gasteiger partial charge is 0.266 e. The van der Waals surface area contributed by atoms with Crippen molar-refractivity contribution in [2.75, 3.05) is 18.4 Å². The van der Waals surface area contributed by atoms with Gasteiger partial charge in [0.2, 0.25) is 0 Å². The van der Waals surface area contributed by atoms with E-state index in [-0.39, 0.29) is 16.9 Å². The minimum atomic E-state index is -0.349. The number of rotatable bonds is 7. The lowest BCUT2D eigenvalue weighted by Gasteiger charge is -2.23. The second-order valence-electron chi connectivity index (χ2n) is 6.40. The van der Waals surface area contributed by atoms with Crippen LogP contribution in [0.25, 0.3) is 0 Å². The Labute approximate surface area is 144 Å². The maximum absolute atomic E-state index is 12.5. The van der Waals surface area contributed by atoms with Crippen molar-refractivity contribution in [3.8, 4) is 6.07 Å². The van der Waals surface area contributed by atoms with Crippen molar-refractivity contribution in [3.05, 3.63) is 66.9 Å². The van der Waals surface area contributed by atoms with Crippen molar-refractivity contribution >= 4 is 11.6 Å². The third-order valence-electron chi connectivity index (χ3n) is 3.44. The summed E-state index contributed by atoms with van der Waals surface area (Å²) in [6.45, 7) is 14.3. The van der Waals surface area contributed by atoms with Gasteiger partial charge >= 0.3 is 0 Å². The molecule has 0 bridgehead atoms. The predicted molar refractivity (Wildman–Crippen MR) is 99.4 cm³/mol. The molecule has 1 aromatic rings. The highest BCUT2D eigenvalue weighted by molar-refractivity contribution is 5.97. The Morgan fingerprint density at radius 1 is 1.25 bits per heavy atom. The topological polar surface area (TPSA) is 56.1 Å². The van der Waals surface area contributed by atoms with E-state index in [0.29, 0.717) is 13.1 Å². The van der Waals surface area contributed by atoms with E-state index in [2.05, 4.69) is 39.2 Å². The molecule has 0 heterocycles. The number of anilines is 1. The highest BCUT2D eigenvalue weighted by atomic mass is 16.2. The molecule has 0 aliphatic carbocycles. The van der Waals surface area contributed by atoms with Crippen LogP contribution >= 0.6 is 0 Å². The molecule has 1 aromatic carbocycles. The molecule has 0 fully saturated rings. The fraction of sp³-hybridized carbons (Fsp3) is 0.300. The van der Waals surface area contributed by atoms with Crippen molar-refractivity contribution in [1.29, 1.82) is 5.26 Å². The van der Waals surface area contributed by atoms with Gasteiger partial charge in [-0.25, -0.2) is 0 Å². The highest BCUT2D eigenvalue weighted by Crippen LogP contribution is 2.29. The van der Waals surface area contributed by atoms with Gasteiger partial charge in [0.1, 0.15) is 11.6 Å². The second-order valence-corrected chi connectivity index (χ2v) is 6.40. The van der Waals surface area contributed by atoms with Crippen LogP contribution in [0, 0.1) is 11.3 Å². The number of hydrogen-bond acceptors (Lipinski definition) is 3. The summed E-state index contributed by atoms with van der Waals surface area (Å²) in [5.74, 6) is -0.349. The third-order valence-corrected chi connectivity index (χ3v) is 3.44. The van der Waals surface area contributed by atoms with E-state index >= 15 is 0 Å². The minimum Gasteiger partial charge on any atom is -0.360 e. The molecule has 0 saturated carbocycles. The maximum Gasteiger partial charge on any atom is 0.266 e. The number of nitrogens with zero attached hydrogens (tertiary/aromatic N) is 2. The molecule has 0 spiro atoms. The zero-order chi connectivity index (χ0) is 18.2. The van der Waals surface area contributed by atoms with Crippen LogP contribution in [-0.2, 0) is 10.2 Å². The lowest BCUT2D eigenvalue weighted by atomic mass is 9.86. The molecule has 4 heteroatoms. The minimum absolute atomic E-state index is 0.0439. The van der Waals surface area contributed by atoms with Crippen molar-refractivity contribution < 1.29 is 4.79 Å². The Morgan fingerprint density at radius 3 is 2.33 bits per heavy atom. The predicted octanol–water partition coefficient (Wildman–Crippen LogP) is 4.00. The van der Waals surface area contributed by atoms with Crippen LogP contribution in [0.2, 0.25) is 0 Å². The monoisotopic (exact) mass is 323 g/mol. The maximum atomic E-state index is 12.5. The molecule has 0 atom stereocenters. The first-order valence-electron chi connectivity index (χ1n) is 7.82. The summed E-state index contributed by atoms with van der Waals surface area (Å²) in [6, 6.07) is 9.82. The van der Waals surface area contributed by atoms with Crippen LogP contribution in [0.1, 0.15) is 26.3 Å². The Morgan fingerprint density at radius 2 is 1.83 bits per heavy atom. The molecular formula is C20H25N3O. The molecule has 0 aliphatic rings. The fourth-order valence-electron chi connectivity index (χ4n) is 2.28. The summed E-state index contributed by atoms with van der Waals surface area (Å²) in [4.78, 5) is 14.0. The lowest BCUT2D eigenvalue weighted by molar-refractivity contribution is -0.125. The molecule has 0 unspecified atom stereocenters. The van der Waals surface area contributed by atoms with Gasteiger partial charge in [-0.15, -0.1) is 13.2 Å². The average molecular weight is 323 g/mol. The van der Waals surface area contributed by atoms with Gasteiger partial charge < -0.3 is 10.2 Å². The SMILES string of the molecule is C=CCN(CC=C)C(=O)/C(C#N)=C\Nc1ccccc1C(C)(C)C. The van der Waals surface area contributed by atoms with E-state index in [1.807, 2.05) is 30.3 Å². The molecule has 1 amide bonds.